The number of hydrogen-bond acceptors (Lipinski definition) is 5. The van der Waals surface area contributed by atoms with E-state index in [2.05, 4.69) is 9.97 Å². The van der Waals surface area contributed by atoms with Crippen LogP contribution in [-0.4, -0.2) is 44.6 Å². The molecule has 1 aliphatic heterocycles. The molecule has 0 radical (unpaired) electrons. The van der Waals surface area contributed by atoms with Crippen molar-refractivity contribution >= 4 is 5.91 Å². The molecule has 1 fully saturated rings. The molecular weight excluding hydrogens is 349 g/mol. The van der Waals surface area contributed by atoms with Gasteiger partial charge in [0, 0.05) is 17.5 Å². The van der Waals surface area contributed by atoms with Crippen LogP contribution in [0.3, 0.4) is 0 Å². The Morgan fingerprint density at radius 2 is 1.93 bits per heavy atom. The van der Waals surface area contributed by atoms with Crippen LogP contribution in [0.5, 0.6) is 0 Å². The van der Waals surface area contributed by atoms with Crippen LogP contribution in [0.15, 0.2) is 53.3 Å². The highest BCUT2D eigenvalue weighted by Crippen LogP contribution is 2.23. The minimum Gasteiger partial charge on any atom is -0.448 e. The maximum absolute atomic E-state index is 13.0. The van der Waals surface area contributed by atoms with E-state index in [1.165, 1.54) is 23.3 Å². The van der Waals surface area contributed by atoms with Crippen LogP contribution in [0.4, 0.5) is 4.39 Å². The number of pyridine rings is 1. The van der Waals surface area contributed by atoms with Gasteiger partial charge in [0.2, 0.25) is 5.89 Å². The van der Waals surface area contributed by atoms with Crippen LogP contribution in [-0.2, 0) is 6.42 Å². The van der Waals surface area contributed by atoms with Crippen LogP contribution < -0.4 is 0 Å². The summed E-state index contributed by atoms with van der Waals surface area (Å²) >= 11 is 0. The van der Waals surface area contributed by atoms with E-state index in [4.69, 9.17) is 4.42 Å². The number of aromatic nitrogens is 2. The van der Waals surface area contributed by atoms with Crippen molar-refractivity contribution in [3.8, 4) is 11.1 Å². The molecule has 6 nitrogen and oxygen atoms in total. The molecule has 7 heteroatoms. The Morgan fingerprint density at radius 3 is 2.56 bits per heavy atom. The number of halogens is 1. The van der Waals surface area contributed by atoms with Gasteiger partial charge >= 0.3 is 0 Å². The Balaban J connectivity index is 1.42. The van der Waals surface area contributed by atoms with Gasteiger partial charge in [0.1, 0.15) is 12.1 Å². The number of nitrogens with zero attached hydrogens (tertiary/aromatic N) is 3. The predicted octanol–water partition coefficient (Wildman–Crippen LogP) is 2.67. The summed E-state index contributed by atoms with van der Waals surface area (Å²) < 4.78 is 18.4. The van der Waals surface area contributed by atoms with Crippen LogP contribution in [0.2, 0.25) is 0 Å². The molecular formula is C20H18FN3O3. The Kier molecular flexibility index (Phi) is 4.24. The van der Waals surface area contributed by atoms with Gasteiger partial charge in [-0.05, 0) is 30.7 Å². The van der Waals surface area contributed by atoms with E-state index in [1.807, 2.05) is 12.1 Å². The van der Waals surface area contributed by atoms with E-state index in [1.54, 1.807) is 25.3 Å². The zero-order valence-corrected chi connectivity index (χ0v) is 14.7. The summed E-state index contributed by atoms with van der Waals surface area (Å²) in [5.74, 6) is -0.136. The molecule has 1 saturated heterocycles. The van der Waals surface area contributed by atoms with Crippen LogP contribution in [0.1, 0.15) is 29.0 Å². The first-order valence-corrected chi connectivity index (χ1v) is 8.57. The Labute approximate surface area is 155 Å². The number of oxazole rings is 1. The van der Waals surface area contributed by atoms with Crippen molar-refractivity contribution in [3.63, 3.8) is 0 Å². The third-order valence-corrected chi connectivity index (χ3v) is 4.46. The van der Waals surface area contributed by atoms with E-state index in [0.717, 1.165) is 16.8 Å². The fraction of sp³-hybridized carbons (Fsp3) is 0.250. The highest BCUT2D eigenvalue weighted by atomic mass is 19.1. The van der Waals surface area contributed by atoms with Gasteiger partial charge in [0.15, 0.2) is 5.69 Å². The van der Waals surface area contributed by atoms with E-state index < -0.39 is 5.60 Å². The number of amides is 1. The number of carbonyl (C=O) groups is 1. The van der Waals surface area contributed by atoms with Crippen LogP contribution >= 0.6 is 0 Å². The molecule has 0 saturated carbocycles. The van der Waals surface area contributed by atoms with Crippen molar-refractivity contribution < 1.29 is 18.7 Å². The predicted molar refractivity (Wildman–Crippen MR) is 95.5 cm³/mol. The quantitative estimate of drug-likeness (QED) is 0.767. The minimum atomic E-state index is -0.821. The van der Waals surface area contributed by atoms with Crippen molar-refractivity contribution in [3.05, 3.63) is 72.0 Å². The standard InChI is InChI=1S/C20H18FN3O3/c1-20(26)11-24(12-20)19(25)17-10-27-18(23-17)8-16-7-4-14(9-22-16)13-2-5-15(21)6-3-13/h2-7,9-10,26H,8,11-12H2,1H3. The lowest BCUT2D eigenvalue weighted by atomic mass is 9.97. The lowest BCUT2D eigenvalue weighted by molar-refractivity contribution is -0.0670. The molecule has 3 aromatic rings. The molecule has 2 aromatic heterocycles. The van der Waals surface area contributed by atoms with Gasteiger partial charge in [-0.3, -0.25) is 9.78 Å². The van der Waals surface area contributed by atoms with Gasteiger partial charge in [-0.25, -0.2) is 9.37 Å². The Hall–Kier alpha value is -3.06. The topological polar surface area (TPSA) is 79.5 Å². The highest BCUT2D eigenvalue weighted by molar-refractivity contribution is 5.92. The normalized spacial score (nSPS) is 15.4. The van der Waals surface area contributed by atoms with Crippen molar-refractivity contribution in [1.29, 1.82) is 0 Å². The maximum atomic E-state index is 13.0. The molecule has 0 spiro atoms. The molecule has 0 bridgehead atoms. The first kappa shape index (κ1) is 17.4. The molecule has 1 amide bonds. The van der Waals surface area contributed by atoms with E-state index in [0.29, 0.717) is 25.4 Å². The average Bonchev–Trinajstić information content (AvgIpc) is 3.09. The number of rotatable bonds is 4. The highest BCUT2D eigenvalue weighted by Gasteiger charge is 2.40. The number of hydrogen-bond donors (Lipinski definition) is 1. The summed E-state index contributed by atoms with van der Waals surface area (Å²) in [6.45, 7) is 2.27. The second kappa shape index (κ2) is 6.59. The average molecular weight is 367 g/mol. The Morgan fingerprint density at radius 1 is 1.22 bits per heavy atom. The van der Waals surface area contributed by atoms with Gasteiger partial charge in [-0.1, -0.05) is 18.2 Å². The van der Waals surface area contributed by atoms with Crippen LogP contribution in [0.25, 0.3) is 11.1 Å². The molecule has 0 aliphatic carbocycles. The summed E-state index contributed by atoms with van der Waals surface area (Å²) in [6.07, 6.45) is 3.39. The number of β-amino-alcohol motifs (C(OH)–C–C–N with tert-alkyl or cyclic N) is 1. The SMILES string of the molecule is CC1(O)CN(C(=O)c2coc(Cc3ccc(-c4ccc(F)cc4)cn3)n2)C1. The third-order valence-electron chi connectivity index (χ3n) is 4.46. The third kappa shape index (κ3) is 3.73. The monoisotopic (exact) mass is 367 g/mol. The second-order valence-corrected chi connectivity index (χ2v) is 7.01. The zero-order chi connectivity index (χ0) is 19.0. The molecule has 1 aliphatic rings. The molecule has 1 aromatic carbocycles. The van der Waals surface area contributed by atoms with Gasteiger partial charge in [-0.15, -0.1) is 0 Å². The number of carbonyl (C=O) groups excluding carboxylic acids is 1. The summed E-state index contributed by atoms with van der Waals surface area (Å²) in [5.41, 5.74) is 1.91. The largest absolute Gasteiger partial charge is 0.448 e. The van der Waals surface area contributed by atoms with E-state index in [-0.39, 0.29) is 17.4 Å². The maximum Gasteiger partial charge on any atom is 0.276 e. The minimum absolute atomic E-state index is 0.225. The van der Waals surface area contributed by atoms with Crippen molar-refractivity contribution in [2.24, 2.45) is 0 Å². The fourth-order valence-electron chi connectivity index (χ4n) is 3.07. The summed E-state index contributed by atoms with van der Waals surface area (Å²) in [6, 6.07) is 9.96. The number of benzene rings is 1. The molecule has 138 valence electrons. The fourth-order valence-corrected chi connectivity index (χ4v) is 3.07. The molecule has 1 N–H and O–H groups in total. The van der Waals surface area contributed by atoms with Crippen molar-refractivity contribution in [2.45, 2.75) is 18.9 Å². The summed E-state index contributed by atoms with van der Waals surface area (Å²) in [7, 11) is 0. The van der Waals surface area contributed by atoms with Gasteiger partial charge in [0.05, 0.1) is 25.1 Å². The van der Waals surface area contributed by atoms with Crippen molar-refractivity contribution in [2.75, 3.05) is 13.1 Å². The second-order valence-electron chi connectivity index (χ2n) is 7.01. The van der Waals surface area contributed by atoms with Crippen molar-refractivity contribution in [1.82, 2.24) is 14.9 Å². The first-order valence-electron chi connectivity index (χ1n) is 8.57. The van der Waals surface area contributed by atoms with Gasteiger partial charge in [0.25, 0.3) is 5.91 Å². The number of likely N-dealkylation sites (tertiary alicyclic amines) is 1. The van der Waals surface area contributed by atoms with E-state index >= 15 is 0 Å². The molecule has 4 rings (SSSR count). The zero-order valence-electron chi connectivity index (χ0n) is 14.7. The lowest BCUT2D eigenvalue weighted by Crippen LogP contribution is -2.61. The summed E-state index contributed by atoms with van der Waals surface area (Å²) in [5, 5.41) is 9.73. The molecule has 3 heterocycles. The van der Waals surface area contributed by atoms with Gasteiger partial charge < -0.3 is 14.4 Å². The van der Waals surface area contributed by atoms with Crippen LogP contribution in [0, 0.1) is 5.82 Å². The smallest absolute Gasteiger partial charge is 0.276 e. The van der Waals surface area contributed by atoms with E-state index in [9.17, 15) is 14.3 Å². The number of aliphatic hydroxyl groups is 1. The molecule has 0 unspecified atom stereocenters. The Bertz CT molecular complexity index is 957. The molecule has 27 heavy (non-hydrogen) atoms. The molecule has 0 atom stereocenters. The lowest BCUT2D eigenvalue weighted by Gasteiger charge is -2.43. The summed E-state index contributed by atoms with van der Waals surface area (Å²) in [4.78, 5) is 22.4. The first-order chi connectivity index (χ1) is 12.9. The van der Waals surface area contributed by atoms with Gasteiger partial charge in [-0.2, -0.15) is 0 Å².